The maximum Gasteiger partial charge on any atom is 0.288 e. The van der Waals surface area contributed by atoms with Crippen LogP contribution >= 0.6 is 23.8 Å². The largest absolute Gasteiger partial charge is 0.329 e. The highest BCUT2D eigenvalue weighted by Crippen LogP contribution is 2.25. The predicted molar refractivity (Wildman–Crippen MR) is 96.1 cm³/mol. The average molecular weight is 367 g/mol. The van der Waals surface area contributed by atoms with Gasteiger partial charge in [0, 0.05) is 11.6 Å². The molecule has 2 aromatic rings. The van der Waals surface area contributed by atoms with E-state index < -0.39 is 10.7 Å². The van der Waals surface area contributed by atoms with Crippen molar-refractivity contribution in [1.82, 2.24) is 5.43 Å². The molecule has 0 saturated carbocycles. The van der Waals surface area contributed by atoms with E-state index in [0.29, 0.717) is 11.3 Å². The van der Waals surface area contributed by atoms with Crippen LogP contribution in [0.3, 0.4) is 0 Å². The van der Waals surface area contributed by atoms with Gasteiger partial charge in [-0.05, 0) is 37.3 Å². The molecule has 2 rings (SSSR count). The van der Waals surface area contributed by atoms with E-state index in [1.165, 1.54) is 24.3 Å². The van der Waals surface area contributed by atoms with Gasteiger partial charge in [-0.2, -0.15) is 5.10 Å². The van der Waals surface area contributed by atoms with Crippen molar-refractivity contribution in [2.45, 2.75) is 6.92 Å². The number of rotatable bonds is 4. The van der Waals surface area contributed by atoms with Gasteiger partial charge in [-0.1, -0.05) is 29.8 Å². The van der Waals surface area contributed by atoms with Crippen molar-refractivity contribution < 1.29 is 9.31 Å². The molecule has 0 bridgehead atoms. The number of benzene rings is 2. The van der Waals surface area contributed by atoms with E-state index in [1.54, 1.807) is 25.1 Å². The summed E-state index contributed by atoms with van der Waals surface area (Å²) < 4.78 is 13.5. The molecule has 24 heavy (non-hydrogen) atoms. The summed E-state index contributed by atoms with van der Waals surface area (Å²) >= 11 is 10.8. The zero-order chi connectivity index (χ0) is 17.7. The number of hydrogen-bond donors (Lipinski definition) is 2. The number of nitro benzene ring substituents is 1. The number of hydrazone groups is 1. The first-order valence-corrected chi connectivity index (χ1v) is 7.47. The van der Waals surface area contributed by atoms with Crippen LogP contribution in [0.2, 0.25) is 5.02 Å². The lowest BCUT2D eigenvalue weighted by molar-refractivity contribution is -0.384. The van der Waals surface area contributed by atoms with Crippen molar-refractivity contribution in [3.05, 3.63) is 69.0 Å². The van der Waals surface area contributed by atoms with Crippen molar-refractivity contribution in [2.75, 3.05) is 5.32 Å². The maximum absolute atomic E-state index is 13.5. The third kappa shape index (κ3) is 4.46. The number of para-hydroxylation sites is 1. The molecule has 0 aliphatic heterocycles. The van der Waals surface area contributed by atoms with Crippen molar-refractivity contribution in [3.63, 3.8) is 0 Å². The summed E-state index contributed by atoms with van der Waals surface area (Å²) in [6.45, 7) is 1.64. The van der Waals surface area contributed by atoms with E-state index in [4.69, 9.17) is 23.8 Å². The predicted octanol–water partition coefficient (Wildman–Crippen LogP) is 4.10. The molecule has 6 nitrogen and oxygen atoms in total. The first-order valence-electron chi connectivity index (χ1n) is 6.68. The SMILES string of the molecule is C/C(=N/NC(=S)Nc1ccccc1F)c1ccc(Cl)c([N+](=O)[O-])c1. The van der Waals surface area contributed by atoms with Crippen LogP contribution in [0.1, 0.15) is 12.5 Å². The first kappa shape index (κ1) is 17.8. The monoisotopic (exact) mass is 366 g/mol. The van der Waals surface area contributed by atoms with Gasteiger partial charge < -0.3 is 5.32 Å². The van der Waals surface area contributed by atoms with Gasteiger partial charge in [0.1, 0.15) is 10.8 Å². The van der Waals surface area contributed by atoms with Crippen LogP contribution in [0.4, 0.5) is 15.8 Å². The van der Waals surface area contributed by atoms with Crippen molar-refractivity contribution >= 4 is 46.0 Å². The number of nitrogens with zero attached hydrogens (tertiary/aromatic N) is 2. The third-order valence-electron chi connectivity index (χ3n) is 3.01. The molecule has 9 heteroatoms. The Balaban J connectivity index is 2.09. The summed E-state index contributed by atoms with van der Waals surface area (Å²) in [5, 5.41) is 17.7. The quantitative estimate of drug-likeness (QED) is 0.368. The van der Waals surface area contributed by atoms with Gasteiger partial charge in [0.2, 0.25) is 0 Å². The number of thiocarbonyl (C=S) groups is 1. The van der Waals surface area contributed by atoms with Crippen molar-refractivity contribution in [1.29, 1.82) is 0 Å². The standard InChI is InChI=1S/C15H12ClFN4O2S/c1-9(10-6-7-11(16)14(8-10)21(22)23)19-20-15(24)18-13-5-3-2-4-12(13)17/h2-8H,1H3,(H2,18,20,24)/b19-9-. The Labute approximate surface area is 147 Å². The van der Waals surface area contributed by atoms with Crippen LogP contribution in [0, 0.1) is 15.9 Å². The van der Waals surface area contributed by atoms with Crippen LogP contribution in [0.15, 0.2) is 47.6 Å². The minimum atomic E-state index is -0.573. The second-order valence-electron chi connectivity index (χ2n) is 4.67. The van der Waals surface area contributed by atoms with Gasteiger partial charge in [-0.15, -0.1) is 0 Å². The van der Waals surface area contributed by atoms with Crippen LogP contribution in [-0.2, 0) is 0 Å². The van der Waals surface area contributed by atoms with E-state index in [0.717, 1.165) is 0 Å². The fraction of sp³-hybridized carbons (Fsp3) is 0.0667. The summed E-state index contributed by atoms with van der Waals surface area (Å²) in [6.07, 6.45) is 0. The second-order valence-corrected chi connectivity index (χ2v) is 5.48. The van der Waals surface area contributed by atoms with Crippen LogP contribution in [0.25, 0.3) is 0 Å². The van der Waals surface area contributed by atoms with Crippen LogP contribution < -0.4 is 10.7 Å². The van der Waals surface area contributed by atoms with Crippen molar-refractivity contribution in [3.8, 4) is 0 Å². The third-order valence-corrected chi connectivity index (χ3v) is 3.52. The number of halogens is 2. The summed E-state index contributed by atoms with van der Waals surface area (Å²) in [5.74, 6) is -0.448. The number of hydrogen-bond acceptors (Lipinski definition) is 4. The van der Waals surface area contributed by atoms with E-state index in [9.17, 15) is 14.5 Å². The molecule has 0 aromatic heterocycles. The van der Waals surface area contributed by atoms with E-state index >= 15 is 0 Å². The summed E-state index contributed by atoms with van der Waals surface area (Å²) in [7, 11) is 0. The van der Waals surface area contributed by atoms with Gasteiger partial charge in [0.25, 0.3) is 5.69 Å². The maximum atomic E-state index is 13.5. The number of nitro groups is 1. The molecular formula is C15H12ClFN4O2S. The molecule has 0 aliphatic carbocycles. The van der Waals surface area contributed by atoms with E-state index in [1.807, 2.05) is 0 Å². The Morgan fingerprint density at radius 3 is 2.71 bits per heavy atom. The molecular weight excluding hydrogens is 355 g/mol. The Morgan fingerprint density at radius 2 is 2.04 bits per heavy atom. The molecule has 0 spiro atoms. The fourth-order valence-corrected chi connectivity index (χ4v) is 2.13. The average Bonchev–Trinajstić information content (AvgIpc) is 2.55. The molecule has 0 unspecified atom stereocenters. The second kappa shape index (κ2) is 7.80. The van der Waals surface area contributed by atoms with Gasteiger partial charge in [0.05, 0.1) is 16.3 Å². The zero-order valence-corrected chi connectivity index (χ0v) is 14.0. The molecule has 0 fully saturated rings. The van der Waals surface area contributed by atoms with Gasteiger partial charge in [0.15, 0.2) is 5.11 Å². The minimum Gasteiger partial charge on any atom is -0.329 e. The van der Waals surface area contributed by atoms with E-state index in [-0.39, 0.29) is 21.5 Å². The smallest absolute Gasteiger partial charge is 0.288 e. The van der Waals surface area contributed by atoms with Gasteiger partial charge in [-0.25, -0.2) is 4.39 Å². The lowest BCUT2D eigenvalue weighted by Crippen LogP contribution is -2.25. The van der Waals surface area contributed by atoms with Crippen LogP contribution in [0.5, 0.6) is 0 Å². The topological polar surface area (TPSA) is 79.6 Å². The van der Waals surface area contributed by atoms with Crippen molar-refractivity contribution in [2.24, 2.45) is 5.10 Å². The van der Waals surface area contributed by atoms with Gasteiger partial charge in [-0.3, -0.25) is 15.5 Å². The highest BCUT2D eigenvalue weighted by Gasteiger charge is 2.13. The Hall–Kier alpha value is -2.58. The lowest BCUT2D eigenvalue weighted by Gasteiger charge is -2.09. The molecule has 2 aromatic carbocycles. The normalized spacial score (nSPS) is 11.0. The Bertz CT molecular complexity index is 829. The molecule has 2 N–H and O–H groups in total. The van der Waals surface area contributed by atoms with Gasteiger partial charge >= 0.3 is 0 Å². The summed E-state index contributed by atoms with van der Waals surface area (Å²) in [4.78, 5) is 10.3. The number of nitrogens with one attached hydrogen (secondary N) is 2. The zero-order valence-electron chi connectivity index (χ0n) is 12.4. The minimum absolute atomic E-state index is 0.0428. The molecule has 124 valence electrons. The molecule has 0 heterocycles. The molecule has 0 radical (unpaired) electrons. The Morgan fingerprint density at radius 1 is 1.33 bits per heavy atom. The highest BCUT2D eigenvalue weighted by atomic mass is 35.5. The lowest BCUT2D eigenvalue weighted by atomic mass is 10.1. The summed E-state index contributed by atoms with van der Waals surface area (Å²) in [5.41, 5.74) is 3.52. The molecule has 0 atom stereocenters. The van der Waals surface area contributed by atoms with E-state index in [2.05, 4.69) is 15.8 Å². The van der Waals surface area contributed by atoms with Crippen LogP contribution in [-0.4, -0.2) is 15.7 Å². The first-order chi connectivity index (χ1) is 11.4. The Kier molecular flexibility index (Phi) is 5.78. The molecule has 0 saturated heterocycles. The number of anilines is 1. The highest BCUT2D eigenvalue weighted by molar-refractivity contribution is 7.80. The molecule has 0 aliphatic rings. The summed E-state index contributed by atoms with van der Waals surface area (Å²) in [6, 6.07) is 10.4. The molecule has 0 amide bonds. The fourth-order valence-electron chi connectivity index (χ4n) is 1.79.